The van der Waals surface area contributed by atoms with E-state index < -0.39 is 57.2 Å². The van der Waals surface area contributed by atoms with E-state index in [0.717, 1.165) is 12.1 Å². The molecule has 0 aliphatic heterocycles. The van der Waals surface area contributed by atoms with Crippen LogP contribution < -0.4 is 4.74 Å². The van der Waals surface area contributed by atoms with Crippen LogP contribution in [0.25, 0.3) is 0 Å². The van der Waals surface area contributed by atoms with Gasteiger partial charge in [-0.2, -0.15) is 8.78 Å². The van der Waals surface area contributed by atoms with E-state index in [2.05, 4.69) is 4.74 Å². The van der Waals surface area contributed by atoms with Gasteiger partial charge in [0.15, 0.2) is 17.3 Å². The SMILES string of the molecule is CC1(C)CCC(=O)C(C(=O)c2ccc(OC(F)F)cc2[N+](=O)[O-])C1=O. The molecule has 0 N–H and O–H groups in total. The standard InChI is InChI=1S/C16H15F2NO6/c1-16(2)6-5-11(20)12(14(16)22)13(21)9-4-3-8(25-15(17)18)7-10(9)19(23)24/h3-4,7,12,15H,5-6H2,1-2H3. The number of nitro benzene ring substituents is 1. The fourth-order valence-electron chi connectivity index (χ4n) is 2.71. The van der Waals surface area contributed by atoms with Crippen LogP contribution in [0.2, 0.25) is 0 Å². The molecular weight excluding hydrogens is 340 g/mol. The fraction of sp³-hybridized carbons (Fsp3) is 0.438. The Bertz CT molecular complexity index is 759. The predicted molar refractivity (Wildman–Crippen MR) is 80.6 cm³/mol. The summed E-state index contributed by atoms with van der Waals surface area (Å²) in [5.74, 6) is -4.32. The highest BCUT2D eigenvalue weighted by Crippen LogP contribution is 2.37. The highest BCUT2D eigenvalue weighted by atomic mass is 19.3. The number of hydrogen-bond acceptors (Lipinski definition) is 6. The van der Waals surface area contributed by atoms with E-state index in [-0.39, 0.29) is 12.8 Å². The molecule has 0 heterocycles. The molecule has 1 aromatic carbocycles. The van der Waals surface area contributed by atoms with Gasteiger partial charge in [0.1, 0.15) is 11.7 Å². The van der Waals surface area contributed by atoms with E-state index in [1.54, 1.807) is 13.8 Å². The maximum atomic E-state index is 12.6. The Morgan fingerprint density at radius 2 is 2.00 bits per heavy atom. The maximum absolute atomic E-state index is 12.6. The van der Waals surface area contributed by atoms with Gasteiger partial charge in [0.2, 0.25) is 0 Å². The Morgan fingerprint density at radius 3 is 2.56 bits per heavy atom. The molecule has 0 aromatic heterocycles. The van der Waals surface area contributed by atoms with Crippen LogP contribution in [-0.2, 0) is 9.59 Å². The van der Waals surface area contributed by atoms with Crippen LogP contribution in [0.1, 0.15) is 37.0 Å². The van der Waals surface area contributed by atoms with Crippen LogP contribution in [0.15, 0.2) is 18.2 Å². The summed E-state index contributed by atoms with van der Waals surface area (Å²) in [6.07, 6.45) is 0.299. The molecule has 9 heteroatoms. The number of Topliss-reactive ketones (excluding diaryl/α,β-unsaturated/α-hetero) is 3. The molecule has 1 saturated carbocycles. The summed E-state index contributed by atoms with van der Waals surface area (Å²) in [7, 11) is 0. The van der Waals surface area contributed by atoms with Crippen molar-refractivity contribution in [2.45, 2.75) is 33.3 Å². The molecule has 1 aliphatic carbocycles. The Kier molecular flexibility index (Phi) is 4.96. The second-order valence-corrected chi connectivity index (χ2v) is 6.33. The Labute approximate surface area is 141 Å². The van der Waals surface area contributed by atoms with E-state index >= 15 is 0 Å². The molecule has 134 valence electrons. The third kappa shape index (κ3) is 3.70. The van der Waals surface area contributed by atoms with E-state index in [9.17, 15) is 33.3 Å². The van der Waals surface area contributed by atoms with Gasteiger partial charge in [-0.1, -0.05) is 13.8 Å². The molecule has 0 saturated heterocycles. The second-order valence-electron chi connectivity index (χ2n) is 6.33. The highest BCUT2D eigenvalue weighted by Gasteiger charge is 2.47. The minimum Gasteiger partial charge on any atom is -0.435 e. The van der Waals surface area contributed by atoms with Gasteiger partial charge in [-0.25, -0.2) is 0 Å². The van der Waals surface area contributed by atoms with Gasteiger partial charge in [0, 0.05) is 11.8 Å². The number of hydrogen-bond donors (Lipinski definition) is 0. The van der Waals surface area contributed by atoms with Crippen molar-refractivity contribution in [3.8, 4) is 5.75 Å². The van der Waals surface area contributed by atoms with Gasteiger partial charge in [-0.3, -0.25) is 24.5 Å². The van der Waals surface area contributed by atoms with Gasteiger partial charge in [0.05, 0.1) is 16.6 Å². The number of ether oxygens (including phenoxy) is 1. The van der Waals surface area contributed by atoms with Crippen LogP contribution in [0.5, 0.6) is 5.75 Å². The minimum absolute atomic E-state index is 0.00945. The molecule has 1 atom stereocenters. The average molecular weight is 355 g/mol. The Morgan fingerprint density at radius 1 is 1.36 bits per heavy atom. The van der Waals surface area contributed by atoms with Crippen molar-refractivity contribution in [2.75, 3.05) is 0 Å². The lowest BCUT2D eigenvalue weighted by Gasteiger charge is -2.31. The first-order chi connectivity index (χ1) is 11.5. The number of rotatable bonds is 5. The molecule has 0 bridgehead atoms. The maximum Gasteiger partial charge on any atom is 0.387 e. The first-order valence-corrected chi connectivity index (χ1v) is 7.39. The molecule has 7 nitrogen and oxygen atoms in total. The smallest absolute Gasteiger partial charge is 0.387 e. The van der Waals surface area contributed by atoms with Crippen molar-refractivity contribution < 1.29 is 32.8 Å². The van der Waals surface area contributed by atoms with Crippen LogP contribution in [-0.4, -0.2) is 28.9 Å². The minimum atomic E-state index is -3.19. The number of carbonyl (C=O) groups is 3. The second kappa shape index (κ2) is 6.66. The van der Waals surface area contributed by atoms with Crippen LogP contribution >= 0.6 is 0 Å². The summed E-state index contributed by atoms with van der Waals surface area (Å²) >= 11 is 0. The zero-order chi connectivity index (χ0) is 18.9. The Balaban J connectivity index is 2.46. The molecule has 0 radical (unpaired) electrons. The van der Waals surface area contributed by atoms with Gasteiger partial charge < -0.3 is 4.74 Å². The van der Waals surface area contributed by atoms with Crippen molar-refractivity contribution in [2.24, 2.45) is 11.3 Å². The number of benzene rings is 1. The topological polar surface area (TPSA) is 104 Å². The third-order valence-corrected chi connectivity index (χ3v) is 4.17. The molecule has 1 aromatic rings. The number of halogens is 2. The van der Waals surface area contributed by atoms with Crippen LogP contribution in [0.4, 0.5) is 14.5 Å². The van der Waals surface area contributed by atoms with Gasteiger partial charge in [0.25, 0.3) is 5.69 Å². The molecule has 0 spiro atoms. The zero-order valence-corrected chi connectivity index (χ0v) is 13.5. The Hall–Kier alpha value is -2.71. The summed E-state index contributed by atoms with van der Waals surface area (Å²) in [5.41, 5.74) is -2.19. The largest absolute Gasteiger partial charge is 0.435 e. The lowest BCUT2D eigenvalue weighted by atomic mass is 9.68. The first kappa shape index (κ1) is 18.6. The van der Waals surface area contributed by atoms with Crippen molar-refractivity contribution in [1.82, 2.24) is 0 Å². The van der Waals surface area contributed by atoms with Gasteiger partial charge >= 0.3 is 6.61 Å². The highest BCUT2D eigenvalue weighted by molar-refractivity contribution is 6.27. The molecular formula is C16H15F2NO6. The van der Waals surface area contributed by atoms with E-state index in [1.165, 1.54) is 0 Å². The quantitative estimate of drug-likeness (QED) is 0.348. The third-order valence-electron chi connectivity index (χ3n) is 4.17. The molecule has 2 rings (SSSR count). The van der Waals surface area contributed by atoms with Crippen molar-refractivity contribution in [3.05, 3.63) is 33.9 Å². The molecule has 1 fully saturated rings. The van der Waals surface area contributed by atoms with E-state index in [4.69, 9.17) is 0 Å². The number of alkyl halides is 2. The number of nitro groups is 1. The zero-order valence-electron chi connectivity index (χ0n) is 13.5. The summed E-state index contributed by atoms with van der Waals surface area (Å²) in [5, 5.41) is 11.2. The molecule has 0 amide bonds. The van der Waals surface area contributed by atoms with Crippen LogP contribution in [0.3, 0.4) is 0 Å². The van der Waals surface area contributed by atoms with Crippen molar-refractivity contribution in [1.29, 1.82) is 0 Å². The van der Waals surface area contributed by atoms with Crippen LogP contribution in [0, 0.1) is 21.4 Å². The van der Waals surface area contributed by atoms with Crippen molar-refractivity contribution >= 4 is 23.0 Å². The summed E-state index contributed by atoms with van der Waals surface area (Å²) in [4.78, 5) is 47.4. The van der Waals surface area contributed by atoms with E-state index in [1.807, 2.05) is 0 Å². The number of nitrogens with zero attached hydrogens (tertiary/aromatic N) is 1. The normalized spacial score (nSPS) is 19.8. The molecule has 25 heavy (non-hydrogen) atoms. The first-order valence-electron chi connectivity index (χ1n) is 7.39. The van der Waals surface area contributed by atoms with Crippen molar-refractivity contribution in [3.63, 3.8) is 0 Å². The monoisotopic (exact) mass is 355 g/mol. The van der Waals surface area contributed by atoms with E-state index in [0.29, 0.717) is 6.07 Å². The lowest BCUT2D eigenvalue weighted by Crippen LogP contribution is -2.44. The summed E-state index contributed by atoms with van der Waals surface area (Å²) < 4.78 is 28.6. The molecule has 1 aliphatic rings. The summed E-state index contributed by atoms with van der Waals surface area (Å²) in [6, 6.07) is 2.54. The fourth-order valence-corrected chi connectivity index (χ4v) is 2.71. The average Bonchev–Trinajstić information content (AvgIpc) is 2.51. The number of ketones is 3. The lowest BCUT2D eigenvalue weighted by molar-refractivity contribution is -0.385. The summed E-state index contributed by atoms with van der Waals surface area (Å²) in [6.45, 7) is -0.00466. The predicted octanol–water partition coefficient (Wildman–Crippen LogP) is 2.95. The van der Waals surface area contributed by atoms with Gasteiger partial charge in [-0.15, -0.1) is 0 Å². The number of carbonyl (C=O) groups excluding carboxylic acids is 3. The van der Waals surface area contributed by atoms with Gasteiger partial charge in [-0.05, 0) is 18.6 Å². The molecule has 1 unspecified atom stereocenters.